The SMILES string of the molecule is Cc1ccnc2cc(Cn3nc(-c4cc(O)cc(F)c4)c4c(N)ncnc43)n(-c3ccccc3F)c(=O)c12. The van der Waals surface area contributed by atoms with Crippen LogP contribution in [0, 0.1) is 18.6 Å². The lowest BCUT2D eigenvalue weighted by Gasteiger charge is -2.16. The Morgan fingerprint density at radius 1 is 1.00 bits per heavy atom. The molecule has 0 saturated heterocycles. The first kappa shape index (κ1) is 23.2. The van der Waals surface area contributed by atoms with Crippen LogP contribution in [0.15, 0.2) is 71.9 Å². The number of benzene rings is 2. The number of nitrogen functional groups attached to an aromatic ring is 1. The molecule has 0 aliphatic carbocycles. The number of aromatic nitrogens is 6. The van der Waals surface area contributed by atoms with E-state index in [4.69, 9.17) is 5.73 Å². The number of nitrogens with two attached hydrogens (primary N) is 1. The second-order valence-electron chi connectivity index (χ2n) is 8.78. The van der Waals surface area contributed by atoms with Gasteiger partial charge in [-0.3, -0.25) is 14.3 Å². The van der Waals surface area contributed by atoms with Crippen LogP contribution in [0.3, 0.4) is 0 Å². The van der Waals surface area contributed by atoms with Gasteiger partial charge in [0, 0.05) is 17.8 Å². The smallest absolute Gasteiger partial charge is 0.265 e. The Labute approximate surface area is 213 Å². The number of aromatic hydroxyl groups is 1. The third-order valence-electron chi connectivity index (χ3n) is 6.32. The van der Waals surface area contributed by atoms with Gasteiger partial charge in [-0.25, -0.2) is 23.4 Å². The van der Waals surface area contributed by atoms with Crippen molar-refractivity contribution in [2.45, 2.75) is 13.5 Å². The van der Waals surface area contributed by atoms with Gasteiger partial charge in [-0.15, -0.1) is 0 Å². The molecule has 0 radical (unpaired) electrons. The quantitative estimate of drug-likeness (QED) is 0.365. The molecule has 188 valence electrons. The number of nitrogens with zero attached hydrogens (tertiary/aromatic N) is 6. The van der Waals surface area contributed by atoms with E-state index in [9.17, 15) is 18.7 Å². The molecule has 0 unspecified atom stereocenters. The molecule has 0 atom stereocenters. The highest BCUT2D eigenvalue weighted by Crippen LogP contribution is 2.33. The maximum absolute atomic E-state index is 15.0. The number of hydrogen-bond acceptors (Lipinski definition) is 7. The van der Waals surface area contributed by atoms with Crippen LogP contribution in [0.25, 0.3) is 38.9 Å². The number of para-hydroxylation sites is 1. The number of aryl methyl sites for hydroxylation is 1. The summed E-state index contributed by atoms with van der Waals surface area (Å²) in [5.41, 5.74) is 8.12. The number of fused-ring (bicyclic) bond motifs is 2. The van der Waals surface area contributed by atoms with Crippen molar-refractivity contribution >= 4 is 27.8 Å². The van der Waals surface area contributed by atoms with Crippen LogP contribution in [0.5, 0.6) is 5.75 Å². The number of anilines is 1. The van der Waals surface area contributed by atoms with Crippen LogP contribution in [0.4, 0.5) is 14.6 Å². The molecular formula is C27H19F2N7O2. The van der Waals surface area contributed by atoms with Gasteiger partial charge in [0.25, 0.3) is 5.56 Å². The summed E-state index contributed by atoms with van der Waals surface area (Å²) in [5, 5.41) is 15.3. The Bertz CT molecular complexity index is 1930. The van der Waals surface area contributed by atoms with Crippen LogP contribution >= 0.6 is 0 Å². The second-order valence-corrected chi connectivity index (χ2v) is 8.78. The van der Waals surface area contributed by atoms with Crippen molar-refractivity contribution < 1.29 is 13.9 Å². The molecule has 0 fully saturated rings. The van der Waals surface area contributed by atoms with Gasteiger partial charge in [0.15, 0.2) is 5.65 Å². The van der Waals surface area contributed by atoms with Gasteiger partial charge in [-0.05, 0) is 48.9 Å². The van der Waals surface area contributed by atoms with Gasteiger partial charge in [0.1, 0.15) is 35.2 Å². The third-order valence-corrected chi connectivity index (χ3v) is 6.32. The summed E-state index contributed by atoms with van der Waals surface area (Å²) in [6.07, 6.45) is 2.86. The fourth-order valence-corrected chi connectivity index (χ4v) is 4.65. The maximum Gasteiger partial charge on any atom is 0.265 e. The summed E-state index contributed by atoms with van der Waals surface area (Å²) in [4.78, 5) is 26.5. The zero-order chi connectivity index (χ0) is 26.6. The van der Waals surface area contributed by atoms with E-state index in [1.54, 1.807) is 37.4 Å². The first-order chi connectivity index (χ1) is 18.3. The molecule has 0 saturated carbocycles. The van der Waals surface area contributed by atoms with Crippen LogP contribution in [-0.2, 0) is 6.54 Å². The topological polar surface area (TPSA) is 125 Å². The minimum Gasteiger partial charge on any atom is -0.508 e. The van der Waals surface area contributed by atoms with Gasteiger partial charge < -0.3 is 10.8 Å². The van der Waals surface area contributed by atoms with E-state index in [1.807, 2.05) is 0 Å². The molecule has 0 aliphatic heterocycles. The first-order valence-electron chi connectivity index (χ1n) is 11.5. The van der Waals surface area contributed by atoms with Gasteiger partial charge in [-0.1, -0.05) is 12.1 Å². The number of hydrogen-bond donors (Lipinski definition) is 2. The Kier molecular flexibility index (Phi) is 5.34. The Hall–Kier alpha value is -5.19. The summed E-state index contributed by atoms with van der Waals surface area (Å²) >= 11 is 0. The summed E-state index contributed by atoms with van der Waals surface area (Å²) in [7, 11) is 0. The minimum atomic E-state index is -0.664. The first-order valence-corrected chi connectivity index (χ1v) is 11.5. The van der Waals surface area contributed by atoms with Crippen molar-refractivity contribution in [2.24, 2.45) is 0 Å². The fraction of sp³-hybridized carbons (Fsp3) is 0.0741. The van der Waals surface area contributed by atoms with Crippen molar-refractivity contribution in [1.29, 1.82) is 0 Å². The number of halogens is 2. The van der Waals surface area contributed by atoms with Crippen molar-refractivity contribution in [2.75, 3.05) is 5.73 Å². The molecule has 38 heavy (non-hydrogen) atoms. The highest BCUT2D eigenvalue weighted by atomic mass is 19.1. The molecule has 6 aromatic rings. The van der Waals surface area contributed by atoms with E-state index >= 15 is 0 Å². The van der Waals surface area contributed by atoms with E-state index < -0.39 is 17.2 Å². The van der Waals surface area contributed by atoms with Crippen molar-refractivity contribution in [1.82, 2.24) is 29.3 Å². The molecule has 0 bridgehead atoms. The lowest BCUT2D eigenvalue weighted by molar-refractivity contribution is 0.469. The van der Waals surface area contributed by atoms with Gasteiger partial charge in [0.05, 0.1) is 34.2 Å². The molecule has 0 aliphatic rings. The minimum absolute atomic E-state index is 0.0383. The number of rotatable bonds is 4. The number of phenols is 1. The van der Waals surface area contributed by atoms with Crippen molar-refractivity contribution in [3.8, 4) is 22.7 Å². The average Bonchev–Trinajstić information content (AvgIpc) is 3.24. The molecule has 2 aromatic carbocycles. The zero-order valence-electron chi connectivity index (χ0n) is 19.9. The van der Waals surface area contributed by atoms with Gasteiger partial charge >= 0.3 is 0 Å². The predicted molar refractivity (Wildman–Crippen MR) is 138 cm³/mol. The summed E-state index contributed by atoms with van der Waals surface area (Å²) in [6, 6.07) is 12.9. The molecule has 9 nitrogen and oxygen atoms in total. The Balaban J connectivity index is 1.63. The number of phenolic OH excluding ortho intramolecular Hbond substituents is 1. The zero-order valence-corrected chi connectivity index (χ0v) is 19.9. The molecule has 0 spiro atoms. The van der Waals surface area contributed by atoms with Crippen LogP contribution in [0.2, 0.25) is 0 Å². The average molecular weight is 511 g/mol. The monoisotopic (exact) mass is 511 g/mol. The van der Waals surface area contributed by atoms with Crippen LogP contribution in [0.1, 0.15) is 11.3 Å². The van der Waals surface area contributed by atoms with E-state index in [0.29, 0.717) is 33.2 Å². The summed E-state index contributed by atoms with van der Waals surface area (Å²) in [6.45, 7) is 1.75. The fourth-order valence-electron chi connectivity index (χ4n) is 4.65. The van der Waals surface area contributed by atoms with Gasteiger partial charge in [0.2, 0.25) is 0 Å². The van der Waals surface area contributed by atoms with E-state index in [2.05, 4.69) is 20.1 Å². The second kappa shape index (κ2) is 8.73. The molecule has 0 amide bonds. The van der Waals surface area contributed by atoms with Crippen LogP contribution < -0.4 is 11.3 Å². The van der Waals surface area contributed by atoms with Gasteiger partial charge in [-0.2, -0.15) is 5.10 Å². The Morgan fingerprint density at radius 2 is 1.82 bits per heavy atom. The molecule has 6 rings (SSSR count). The normalized spacial score (nSPS) is 11.4. The van der Waals surface area contributed by atoms with E-state index in [1.165, 1.54) is 39.8 Å². The lowest BCUT2D eigenvalue weighted by Crippen LogP contribution is -2.25. The Morgan fingerprint density at radius 3 is 2.61 bits per heavy atom. The van der Waals surface area contributed by atoms with Crippen LogP contribution in [-0.4, -0.2) is 34.4 Å². The lowest BCUT2D eigenvalue weighted by atomic mass is 10.1. The van der Waals surface area contributed by atoms with Crippen molar-refractivity contribution in [3.05, 3.63) is 100 Å². The molecule has 4 aromatic heterocycles. The largest absolute Gasteiger partial charge is 0.508 e. The highest BCUT2D eigenvalue weighted by molar-refractivity contribution is 5.98. The van der Waals surface area contributed by atoms with E-state index in [-0.39, 0.29) is 35.1 Å². The van der Waals surface area contributed by atoms with E-state index in [0.717, 1.165) is 6.07 Å². The molecule has 3 N–H and O–H groups in total. The molecule has 4 heterocycles. The molecular weight excluding hydrogens is 492 g/mol. The predicted octanol–water partition coefficient (Wildman–Crippen LogP) is 4.12. The third kappa shape index (κ3) is 3.72. The maximum atomic E-state index is 15.0. The summed E-state index contributed by atoms with van der Waals surface area (Å²) < 4.78 is 31.9. The van der Waals surface area contributed by atoms with Crippen molar-refractivity contribution in [3.63, 3.8) is 0 Å². The number of pyridine rings is 2. The molecule has 11 heteroatoms. The standard InChI is InChI=1S/C27H19F2N7O2/c1-14-6-7-31-20-11-17(36(27(38)22(14)20)21-5-3-2-4-19(21)29)12-35-26-23(25(30)32-13-33-26)24(34-35)15-8-16(28)10-18(37)9-15/h2-11,13,37H,12H2,1H3,(H2,30,32,33). The highest BCUT2D eigenvalue weighted by Gasteiger charge is 2.21. The summed E-state index contributed by atoms with van der Waals surface area (Å²) in [5.74, 6) is -1.43.